The number of hydrogen-bond acceptors (Lipinski definition) is 15. The molecule has 564 valence electrons. The molecular formula is C82H82ClF3N12O11. The lowest BCUT2D eigenvalue weighted by Gasteiger charge is -2.19. The van der Waals surface area contributed by atoms with Gasteiger partial charge in [-0.1, -0.05) is 91.0 Å². The molecule has 27 heteroatoms. The highest BCUT2D eigenvalue weighted by Crippen LogP contribution is 2.31. The average molecular weight is 1500 g/mol. The van der Waals surface area contributed by atoms with E-state index in [2.05, 4.69) is 36.6 Å². The number of hydrogen-bond donors (Lipinski definition) is 7. The molecule has 109 heavy (non-hydrogen) atoms. The minimum absolute atomic E-state index is 0. The maximum absolute atomic E-state index is 14.6. The smallest absolute Gasteiger partial charge is 0.407 e. The lowest BCUT2D eigenvalue weighted by molar-refractivity contribution is 0.0512. The molecular weight excluding hydrogens is 1420 g/mol. The van der Waals surface area contributed by atoms with E-state index in [0.717, 1.165) is 16.7 Å². The Labute approximate surface area is 634 Å². The van der Waals surface area contributed by atoms with Crippen LogP contribution in [0.25, 0.3) is 17.1 Å². The zero-order chi connectivity index (χ0) is 77.7. The number of carboxylic acid groups (broad SMARTS) is 1. The first-order chi connectivity index (χ1) is 51.5. The van der Waals surface area contributed by atoms with Gasteiger partial charge in [0, 0.05) is 37.8 Å². The van der Waals surface area contributed by atoms with Gasteiger partial charge in [-0.05, 0) is 206 Å². The van der Waals surface area contributed by atoms with Gasteiger partial charge in [-0.2, -0.15) is 15.3 Å². The molecule has 12 rings (SSSR count). The van der Waals surface area contributed by atoms with Crippen molar-refractivity contribution in [3.8, 4) is 51.6 Å². The molecule has 0 fully saturated rings. The van der Waals surface area contributed by atoms with Crippen molar-refractivity contribution in [2.75, 3.05) is 16.4 Å². The molecule has 9 N–H and O–H groups in total. The van der Waals surface area contributed by atoms with Crippen molar-refractivity contribution in [1.29, 1.82) is 0 Å². The van der Waals surface area contributed by atoms with Gasteiger partial charge in [0.1, 0.15) is 74.5 Å². The minimum Gasteiger partial charge on any atom is -0.477 e. The Kier molecular flexibility index (Phi) is 28.2. The Morgan fingerprint density at radius 2 is 0.743 bits per heavy atom. The number of ether oxygens (including phenoxy) is 5. The summed E-state index contributed by atoms with van der Waals surface area (Å²) in [7, 11) is 0. The van der Waals surface area contributed by atoms with Crippen molar-refractivity contribution in [3.05, 3.63) is 305 Å². The number of carboxylic acids is 1. The maximum Gasteiger partial charge on any atom is 0.407 e. The first-order valence-corrected chi connectivity index (χ1v) is 33.8. The molecule has 4 amide bonds. The summed E-state index contributed by atoms with van der Waals surface area (Å²) in [6.07, 6.45) is -1.03. The van der Waals surface area contributed by atoms with Gasteiger partial charge >= 0.3 is 18.2 Å². The summed E-state index contributed by atoms with van der Waals surface area (Å²) in [5, 5.41) is 33.0. The zero-order valence-corrected chi connectivity index (χ0v) is 61.9. The third-order valence-electron chi connectivity index (χ3n) is 14.8. The van der Waals surface area contributed by atoms with Crippen LogP contribution < -0.4 is 46.9 Å². The summed E-state index contributed by atoms with van der Waals surface area (Å²) >= 11 is 0. The molecule has 0 unspecified atom stereocenters. The SMILES string of the molecule is Cc1cc(C(=O)Nc2cc(Oc3ccccc3)ccc2F)n(-c2cccc(CN)c2)n1.Cc1cc(C(=O)Nc2cc(Oc3ccccc3)ccc2F)n(-c2cccc(CNC(=O)OC(C)(C)C)c2)n1.Cc1cc(C(=O)O)n(-c2cccc(CNC(=O)OC(C)(C)C)c2)n1.Cl.Nc1cc(Oc2ccccc2)ccc1F. The average Bonchev–Trinajstić information content (AvgIpc) is 1.67. The van der Waals surface area contributed by atoms with Crippen LogP contribution in [0.3, 0.4) is 0 Å². The highest BCUT2D eigenvalue weighted by atomic mass is 35.5. The van der Waals surface area contributed by atoms with Crippen LogP contribution in [0.4, 0.5) is 39.8 Å². The summed E-state index contributed by atoms with van der Waals surface area (Å²) in [6, 6.07) is 66.7. The van der Waals surface area contributed by atoms with Crippen molar-refractivity contribution >= 4 is 59.4 Å². The number of anilines is 3. The number of nitrogens with zero attached hydrogens (tertiary/aromatic N) is 6. The van der Waals surface area contributed by atoms with Crippen molar-refractivity contribution < 1.29 is 65.9 Å². The van der Waals surface area contributed by atoms with Gasteiger partial charge in [-0.15, -0.1) is 12.4 Å². The van der Waals surface area contributed by atoms with Gasteiger partial charge in [0.25, 0.3) is 11.8 Å². The fraction of sp³-hybridized carbons (Fsp3) is 0.171. The van der Waals surface area contributed by atoms with Gasteiger partial charge in [0.2, 0.25) is 0 Å². The molecule has 0 bridgehead atoms. The van der Waals surface area contributed by atoms with Crippen molar-refractivity contribution in [1.82, 2.24) is 40.0 Å². The van der Waals surface area contributed by atoms with Gasteiger partial charge in [0.15, 0.2) is 5.69 Å². The number of benzene rings is 9. The second kappa shape index (κ2) is 37.7. The standard InChI is InChI=1S/C29H29FN4O4.C24H21FN4O2.C17H21N3O4.C12H10FNO.ClH/c1-19-15-26(27(35)32-25-17-23(13-14-24(25)30)37-22-11-6-5-7-12-22)34(33-19)21-10-8-9-20(16-21)18-31-28(36)38-29(2,3)4;1-16-12-23(29(28-16)18-7-5-6-17(13-18)15-26)24(30)27-22-14-20(10-11-21(22)25)31-19-8-3-2-4-9-19;1-11-8-14(15(21)22)20(19-11)13-7-5-6-12(9-13)10-18-16(23)24-17(2,3)4;13-11-7-6-10(8-12(11)14)15-9-4-2-1-3-5-9;/h5-17H,18H2,1-4H3,(H,31,36)(H,32,35);2-14H,15,26H2,1H3,(H,27,30);5-9H,10H2,1-4H3,(H,18,23)(H,21,22);1-8H,14H2;1H. The van der Waals surface area contributed by atoms with Crippen LogP contribution in [0.5, 0.6) is 34.5 Å². The molecule has 3 heterocycles. The second-order valence-corrected chi connectivity index (χ2v) is 26.1. The van der Waals surface area contributed by atoms with Gasteiger partial charge in [0.05, 0.1) is 51.2 Å². The van der Waals surface area contributed by atoms with E-state index in [-0.39, 0.29) is 59.6 Å². The fourth-order valence-corrected chi connectivity index (χ4v) is 10.1. The van der Waals surface area contributed by atoms with Crippen LogP contribution in [0.1, 0.15) is 107 Å². The van der Waals surface area contributed by atoms with Crippen LogP contribution in [0, 0.1) is 38.2 Å². The Morgan fingerprint density at radius 3 is 1.09 bits per heavy atom. The van der Waals surface area contributed by atoms with Crippen LogP contribution in [0.15, 0.2) is 237 Å². The van der Waals surface area contributed by atoms with Gasteiger partial charge in [-0.25, -0.2) is 41.6 Å². The fourth-order valence-electron chi connectivity index (χ4n) is 10.1. The molecule has 0 saturated heterocycles. The quantitative estimate of drug-likeness (QED) is 0.0370. The highest BCUT2D eigenvalue weighted by Gasteiger charge is 2.23. The highest BCUT2D eigenvalue weighted by molar-refractivity contribution is 6.04. The number of carbonyl (C=O) groups excluding carboxylic acids is 4. The lowest BCUT2D eigenvalue weighted by Crippen LogP contribution is -2.32. The number of carbonyl (C=O) groups is 5. The van der Waals surface area contributed by atoms with E-state index < -0.39 is 58.6 Å². The Balaban J connectivity index is 0.000000190. The Bertz CT molecular complexity index is 5110. The number of nitrogens with one attached hydrogen (secondary N) is 4. The first kappa shape index (κ1) is 81.5. The normalized spacial score (nSPS) is 10.7. The summed E-state index contributed by atoms with van der Waals surface area (Å²) in [5.74, 6) is -0.476. The van der Waals surface area contributed by atoms with Crippen LogP contribution in [-0.2, 0) is 29.1 Å². The first-order valence-electron chi connectivity index (χ1n) is 33.8. The van der Waals surface area contributed by atoms with Crippen LogP contribution in [0.2, 0.25) is 0 Å². The number of para-hydroxylation sites is 3. The molecule has 9 aromatic carbocycles. The van der Waals surface area contributed by atoms with Gasteiger partial charge < -0.3 is 61.5 Å². The summed E-state index contributed by atoms with van der Waals surface area (Å²) < 4.78 is 73.6. The van der Waals surface area contributed by atoms with E-state index in [1.54, 1.807) is 141 Å². The molecule has 0 radical (unpaired) electrons. The molecule has 23 nitrogen and oxygen atoms in total. The predicted octanol–water partition coefficient (Wildman–Crippen LogP) is 17.7. The molecule has 0 aliphatic rings. The summed E-state index contributed by atoms with van der Waals surface area (Å²) in [6.45, 7) is 16.9. The van der Waals surface area contributed by atoms with Crippen LogP contribution in [-0.4, -0.2) is 75.6 Å². The maximum atomic E-state index is 14.6. The topological polar surface area (TPSA) is 305 Å². The van der Waals surface area contributed by atoms with E-state index >= 15 is 0 Å². The third-order valence-corrected chi connectivity index (χ3v) is 14.8. The van der Waals surface area contributed by atoms with Crippen molar-refractivity contribution in [3.63, 3.8) is 0 Å². The number of nitrogens with two attached hydrogens (primary N) is 2. The van der Waals surface area contributed by atoms with Crippen molar-refractivity contribution in [2.24, 2.45) is 5.73 Å². The van der Waals surface area contributed by atoms with E-state index in [1.807, 2.05) is 103 Å². The number of aromatic nitrogens is 6. The zero-order valence-electron chi connectivity index (χ0n) is 61.0. The monoisotopic (exact) mass is 1500 g/mol. The number of alkyl carbamates (subject to hydrolysis) is 2. The number of amides is 4. The van der Waals surface area contributed by atoms with E-state index in [1.165, 1.54) is 68.6 Å². The molecule has 0 aliphatic carbocycles. The van der Waals surface area contributed by atoms with E-state index in [0.29, 0.717) is 75.2 Å². The summed E-state index contributed by atoms with van der Waals surface area (Å²) in [4.78, 5) is 61.2. The largest absolute Gasteiger partial charge is 0.477 e. The van der Waals surface area contributed by atoms with E-state index in [9.17, 15) is 42.3 Å². The summed E-state index contributed by atoms with van der Waals surface area (Å²) in [5.41, 5.74) is 16.9. The van der Waals surface area contributed by atoms with Gasteiger partial charge in [-0.3, -0.25) is 9.59 Å². The van der Waals surface area contributed by atoms with Crippen LogP contribution >= 0.6 is 12.4 Å². The lowest BCUT2D eigenvalue weighted by atomic mass is 10.2. The van der Waals surface area contributed by atoms with E-state index in [4.69, 9.17) is 35.2 Å². The Hall–Kier alpha value is -13.2. The molecule has 12 aromatic rings. The minimum atomic E-state index is -1.05. The molecule has 0 saturated carbocycles. The number of rotatable bonds is 19. The molecule has 0 aliphatic heterocycles. The predicted molar refractivity (Wildman–Crippen MR) is 412 cm³/mol. The second-order valence-electron chi connectivity index (χ2n) is 26.1. The molecule has 0 spiro atoms. The number of halogens is 4. The van der Waals surface area contributed by atoms with Crippen molar-refractivity contribution in [2.45, 2.75) is 93.2 Å². The molecule has 3 aromatic heterocycles. The Morgan fingerprint density at radius 1 is 0.413 bits per heavy atom. The number of aromatic carboxylic acids is 1. The number of nitrogen functional groups attached to an aromatic ring is 1. The number of aryl methyl sites for hydroxylation is 3. The molecule has 0 atom stereocenters. The third kappa shape index (κ3) is 24.7.